The molecule has 2 aromatic carbocycles. The lowest BCUT2D eigenvalue weighted by Gasteiger charge is -2.26. The van der Waals surface area contributed by atoms with Crippen molar-refractivity contribution in [3.63, 3.8) is 0 Å². The zero-order valence-electron chi connectivity index (χ0n) is 14.5. The molecule has 5 nitrogen and oxygen atoms in total. The molecule has 1 amide bonds. The molecule has 1 saturated heterocycles. The fourth-order valence-corrected chi connectivity index (χ4v) is 3.36. The van der Waals surface area contributed by atoms with Crippen LogP contribution in [0.25, 0.3) is 16.7 Å². The third-order valence-corrected chi connectivity index (χ3v) is 4.70. The van der Waals surface area contributed by atoms with E-state index in [0.29, 0.717) is 31.9 Å². The molecule has 2 heterocycles. The zero-order chi connectivity index (χ0) is 17.4. The van der Waals surface area contributed by atoms with Crippen LogP contribution in [0.3, 0.4) is 0 Å². The molecule has 5 heteroatoms. The third-order valence-electron chi connectivity index (χ3n) is 4.70. The number of hydrogen-bond acceptors (Lipinski definition) is 3. The molecule has 3 aromatic rings. The van der Waals surface area contributed by atoms with E-state index in [0.717, 1.165) is 16.7 Å². The van der Waals surface area contributed by atoms with Crippen LogP contribution >= 0.6 is 0 Å². The van der Waals surface area contributed by atoms with E-state index in [1.165, 1.54) is 11.1 Å². The maximum atomic E-state index is 12.6. The molecule has 0 unspecified atom stereocenters. The van der Waals surface area contributed by atoms with E-state index in [9.17, 15) is 4.79 Å². The summed E-state index contributed by atoms with van der Waals surface area (Å²) in [5.74, 6) is 0.0475. The number of nitrogens with zero attached hydrogens (tertiary/aromatic N) is 3. The lowest BCUT2D eigenvalue weighted by molar-refractivity contribution is 0.0303. The van der Waals surface area contributed by atoms with E-state index < -0.39 is 0 Å². The highest BCUT2D eigenvalue weighted by atomic mass is 16.5. The van der Waals surface area contributed by atoms with Gasteiger partial charge in [-0.15, -0.1) is 0 Å². The summed E-state index contributed by atoms with van der Waals surface area (Å²) in [4.78, 5) is 19.0. The summed E-state index contributed by atoms with van der Waals surface area (Å²) in [7, 11) is 0. The van der Waals surface area contributed by atoms with E-state index in [1.54, 1.807) is 0 Å². The van der Waals surface area contributed by atoms with E-state index in [4.69, 9.17) is 4.74 Å². The summed E-state index contributed by atoms with van der Waals surface area (Å²) in [6.45, 7) is 6.70. The van der Waals surface area contributed by atoms with E-state index >= 15 is 0 Å². The van der Waals surface area contributed by atoms with E-state index in [2.05, 4.69) is 41.6 Å². The first-order valence-corrected chi connectivity index (χ1v) is 8.55. The smallest absolute Gasteiger partial charge is 0.254 e. The van der Waals surface area contributed by atoms with Crippen molar-refractivity contribution in [2.75, 3.05) is 26.3 Å². The van der Waals surface area contributed by atoms with Crippen LogP contribution < -0.4 is 0 Å². The lowest BCUT2D eigenvalue weighted by Crippen LogP contribution is -2.40. The van der Waals surface area contributed by atoms with E-state index in [1.807, 2.05) is 29.4 Å². The van der Waals surface area contributed by atoms with Gasteiger partial charge in [0.15, 0.2) is 0 Å². The first-order chi connectivity index (χ1) is 12.1. The van der Waals surface area contributed by atoms with Crippen molar-refractivity contribution in [2.24, 2.45) is 0 Å². The molecule has 0 bridgehead atoms. The Labute approximate surface area is 146 Å². The molecule has 0 spiro atoms. The zero-order valence-corrected chi connectivity index (χ0v) is 14.5. The number of amides is 1. The molecule has 0 atom stereocenters. The van der Waals surface area contributed by atoms with Crippen molar-refractivity contribution in [3.05, 3.63) is 59.4 Å². The maximum Gasteiger partial charge on any atom is 0.254 e. The number of carbonyl (C=O) groups is 1. The lowest BCUT2D eigenvalue weighted by atomic mass is 10.1. The Bertz CT molecular complexity index is 939. The van der Waals surface area contributed by atoms with Crippen LogP contribution in [0.1, 0.15) is 21.5 Å². The molecule has 0 N–H and O–H groups in total. The third kappa shape index (κ3) is 2.91. The highest BCUT2D eigenvalue weighted by Crippen LogP contribution is 2.23. The van der Waals surface area contributed by atoms with E-state index in [-0.39, 0.29) is 5.91 Å². The van der Waals surface area contributed by atoms with Crippen molar-refractivity contribution in [1.82, 2.24) is 14.5 Å². The minimum Gasteiger partial charge on any atom is -0.378 e. The van der Waals surface area contributed by atoms with Crippen LogP contribution in [0.5, 0.6) is 0 Å². The quantitative estimate of drug-likeness (QED) is 0.723. The van der Waals surface area contributed by atoms with Crippen LogP contribution in [0.15, 0.2) is 42.7 Å². The van der Waals surface area contributed by atoms with Crippen molar-refractivity contribution in [3.8, 4) is 5.69 Å². The van der Waals surface area contributed by atoms with Crippen molar-refractivity contribution >= 4 is 16.9 Å². The van der Waals surface area contributed by atoms with Gasteiger partial charge in [0.1, 0.15) is 6.33 Å². The molecular weight excluding hydrogens is 314 g/mol. The second kappa shape index (κ2) is 6.33. The Kier molecular flexibility index (Phi) is 4.01. The molecule has 4 rings (SSSR count). The van der Waals surface area contributed by atoms with Crippen molar-refractivity contribution in [1.29, 1.82) is 0 Å². The normalized spacial score (nSPS) is 14.9. The van der Waals surface area contributed by atoms with Gasteiger partial charge in [-0.2, -0.15) is 0 Å². The topological polar surface area (TPSA) is 47.4 Å². The Balaban J connectivity index is 1.70. The number of hydrogen-bond donors (Lipinski definition) is 0. The van der Waals surface area contributed by atoms with Gasteiger partial charge in [-0.25, -0.2) is 4.98 Å². The number of fused-ring (bicyclic) bond motifs is 1. The Morgan fingerprint density at radius 3 is 2.64 bits per heavy atom. The number of rotatable bonds is 2. The van der Waals surface area contributed by atoms with Gasteiger partial charge in [0.05, 0.1) is 29.9 Å². The van der Waals surface area contributed by atoms with Crippen LogP contribution in [-0.4, -0.2) is 46.7 Å². The molecular formula is C20H21N3O2. The molecule has 1 aliphatic rings. The average Bonchev–Trinajstić information content (AvgIpc) is 3.05. The molecule has 1 aliphatic heterocycles. The summed E-state index contributed by atoms with van der Waals surface area (Å²) in [6.07, 6.45) is 1.82. The van der Waals surface area contributed by atoms with Crippen LogP contribution in [0.2, 0.25) is 0 Å². The molecule has 25 heavy (non-hydrogen) atoms. The minimum absolute atomic E-state index is 0.0475. The maximum absolute atomic E-state index is 12.6. The van der Waals surface area contributed by atoms with Crippen LogP contribution in [0, 0.1) is 13.8 Å². The monoisotopic (exact) mass is 335 g/mol. The number of aromatic nitrogens is 2. The minimum atomic E-state index is 0.0475. The number of ether oxygens (including phenoxy) is 1. The summed E-state index contributed by atoms with van der Waals surface area (Å²) in [5, 5.41) is 0. The highest BCUT2D eigenvalue weighted by Gasteiger charge is 2.19. The fraction of sp³-hybridized carbons (Fsp3) is 0.300. The Morgan fingerprint density at radius 2 is 1.88 bits per heavy atom. The average molecular weight is 335 g/mol. The number of imidazole rings is 1. The Hall–Kier alpha value is -2.66. The first-order valence-electron chi connectivity index (χ1n) is 8.55. The predicted molar refractivity (Wildman–Crippen MR) is 97.3 cm³/mol. The van der Waals surface area contributed by atoms with Gasteiger partial charge >= 0.3 is 0 Å². The fourth-order valence-electron chi connectivity index (χ4n) is 3.36. The standard InChI is InChI=1S/C20H21N3O2/c1-14-3-5-18(15(2)11-14)23-13-21-17-12-16(4-6-19(17)23)20(24)22-7-9-25-10-8-22/h3-6,11-13H,7-10H2,1-2H3. The summed E-state index contributed by atoms with van der Waals surface area (Å²) >= 11 is 0. The molecule has 1 aromatic heterocycles. The highest BCUT2D eigenvalue weighted by molar-refractivity contribution is 5.97. The SMILES string of the molecule is Cc1ccc(-n2cnc3cc(C(=O)N4CCOCC4)ccc32)c(C)c1. The predicted octanol–water partition coefficient (Wildman–Crippen LogP) is 3.11. The van der Waals surface area contributed by atoms with Crippen LogP contribution in [-0.2, 0) is 4.74 Å². The molecule has 0 aliphatic carbocycles. The van der Waals surface area contributed by atoms with Crippen molar-refractivity contribution in [2.45, 2.75) is 13.8 Å². The largest absolute Gasteiger partial charge is 0.378 e. The number of benzene rings is 2. The molecule has 128 valence electrons. The number of aryl methyl sites for hydroxylation is 2. The van der Waals surface area contributed by atoms with Crippen molar-refractivity contribution < 1.29 is 9.53 Å². The summed E-state index contributed by atoms with van der Waals surface area (Å²) in [6, 6.07) is 12.1. The summed E-state index contributed by atoms with van der Waals surface area (Å²) < 4.78 is 7.39. The van der Waals surface area contributed by atoms with Gasteiger partial charge in [-0.05, 0) is 43.7 Å². The van der Waals surface area contributed by atoms with Gasteiger partial charge in [-0.3, -0.25) is 9.36 Å². The second-order valence-electron chi connectivity index (χ2n) is 6.51. The second-order valence-corrected chi connectivity index (χ2v) is 6.51. The number of carbonyl (C=O) groups excluding carboxylic acids is 1. The van der Waals surface area contributed by atoms with Gasteiger partial charge in [0, 0.05) is 18.7 Å². The molecule has 0 saturated carbocycles. The van der Waals surface area contributed by atoms with Crippen LogP contribution in [0.4, 0.5) is 0 Å². The first kappa shape index (κ1) is 15.8. The van der Waals surface area contributed by atoms with Gasteiger partial charge in [-0.1, -0.05) is 17.7 Å². The van der Waals surface area contributed by atoms with Gasteiger partial charge < -0.3 is 9.64 Å². The van der Waals surface area contributed by atoms with Gasteiger partial charge in [0.2, 0.25) is 0 Å². The Morgan fingerprint density at radius 1 is 1.08 bits per heavy atom. The number of morpholine rings is 1. The molecule has 0 radical (unpaired) electrons. The van der Waals surface area contributed by atoms with Gasteiger partial charge in [0.25, 0.3) is 5.91 Å². The molecule has 1 fully saturated rings. The summed E-state index contributed by atoms with van der Waals surface area (Å²) in [5.41, 5.74) is 6.07.